The second kappa shape index (κ2) is 3.98. The van der Waals surface area contributed by atoms with Crippen molar-refractivity contribution in [3.63, 3.8) is 0 Å². The molecule has 0 bridgehead atoms. The van der Waals surface area contributed by atoms with Gasteiger partial charge in [0.2, 0.25) is 5.91 Å². The highest BCUT2D eigenvalue weighted by Crippen LogP contribution is 2.98. The van der Waals surface area contributed by atoms with Crippen molar-refractivity contribution in [2.75, 3.05) is 0 Å². The van der Waals surface area contributed by atoms with Crippen LogP contribution in [0.25, 0.3) is 0 Å². The molecule has 0 aromatic heterocycles. The first-order chi connectivity index (χ1) is 7.95. The summed E-state index contributed by atoms with van der Waals surface area (Å²) in [5, 5.41) is 0.802. The zero-order valence-electron chi connectivity index (χ0n) is 8.95. The van der Waals surface area contributed by atoms with E-state index in [0.717, 1.165) is 0 Å². The molecule has 1 N–H and O–H groups in total. The molecule has 0 heterocycles. The third kappa shape index (κ3) is 6.89. The Morgan fingerprint density at radius 1 is 1.11 bits per heavy atom. The molecule has 0 aliphatic heterocycles. The molecule has 0 spiro atoms. The van der Waals surface area contributed by atoms with Gasteiger partial charge in [-0.25, -0.2) is 0 Å². The fraction of sp³-hybridized carbons (Fsp3) is 0.100. The topological polar surface area (TPSA) is 29.1 Å². The van der Waals surface area contributed by atoms with E-state index >= 15 is 0 Å². The molecule has 1 aromatic rings. The van der Waals surface area contributed by atoms with E-state index in [9.17, 15) is 24.2 Å². The average Bonchev–Trinajstić information content (AvgIpc) is 2.22. The Labute approximate surface area is 100 Å². The zero-order valence-corrected chi connectivity index (χ0v) is 9.77. The minimum Gasteiger partial charge on any atom is -0.348 e. The lowest BCUT2D eigenvalue weighted by Gasteiger charge is -2.36. The molecule has 1 amide bonds. The van der Waals surface area contributed by atoms with E-state index in [1.54, 1.807) is 30.3 Å². The minimum atomic E-state index is -9.66. The highest BCUT2D eigenvalue weighted by atomic mass is 32.5. The SMILES string of the molecule is O=C(/C=C/S(F)(F)(F)(F)F)NCc1ccccc1. The van der Waals surface area contributed by atoms with Crippen molar-refractivity contribution >= 4 is 16.1 Å². The number of benzene rings is 1. The van der Waals surface area contributed by atoms with Gasteiger partial charge in [0.25, 0.3) is 0 Å². The molecule has 1 rings (SSSR count). The fourth-order valence-corrected chi connectivity index (χ4v) is 1.42. The molecule has 18 heavy (non-hydrogen) atoms. The quantitative estimate of drug-likeness (QED) is 0.655. The number of halogens is 5. The van der Waals surface area contributed by atoms with Crippen LogP contribution in [-0.4, -0.2) is 5.91 Å². The summed E-state index contributed by atoms with van der Waals surface area (Å²) < 4.78 is 59.4. The first kappa shape index (κ1) is 14.5. The Bertz CT molecular complexity index is 467. The van der Waals surface area contributed by atoms with Gasteiger partial charge in [-0.15, -0.1) is 0 Å². The molecule has 8 heteroatoms. The Kier molecular flexibility index (Phi) is 3.20. The first-order valence-electron chi connectivity index (χ1n) is 4.70. The Morgan fingerprint density at radius 3 is 2.17 bits per heavy atom. The van der Waals surface area contributed by atoms with E-state index in [2.05, 4.69) is 5.32 Å². The lowest BCUT2D eigenvalue weighted by Crippen LogP contribution is -2.20. The van der Waals surface area contributed by atoms with Gasteiger partial charge in [0.05, 0.1) is 5.41 Å². The summed E-state index contributed by atoms with van der Waals surface area (Å²) in [6.07, 6.45) is -0.204. The Hall–Kier alpha value is -1.57. The molecular formula is C10H10F5NOS. The lowest BCUT2D eigenvalue weighted by molar-refractivity contribution is -0.116. The summed E-state index contributed by atoms with van der Waals surface area (Å²) in [6, 6.07) is 8.33. The van der Waals surface area contributed by atoms with E-state index in [4.69, 9.17) is 0 Å². The molecule has 0 aliphatic carbocycles. The molecule has 0 saturated heterocycles. The van der Waals surface area contributed by atoms with Crippen LogP contribution in [0, 0.1) is 0 Å². The van der Waals surface area contributed by atoms with Gasteiger partial charge < -0.3 is 5.32 Å². The van der Waals surface area contributed by atoms with E-state index in [-0.39, 0.29) is 12.6 Å². The zero-order chi connectivity index (χ0) is 13.9. The molecule has 0 saturated carbocycles. The van der Waals surface area contributed by atoms with Crippen LogP contribution in [0.5, 0.6) is 0 Å². The van der Waals surface area contributed by atoms with Crippen molar-refractivity contribution in [3.05, 3.63) is 47.4 Å². The summed E-state index contributed by atoms with van der Waals surface area (Å²) in [6.45, 7) is -0.0374. The molecular weight excluding hydrogens is 277 g/mol. The fourth-order valence-electron chi connectivity index (χ4n) is 1.03. The molecule has 1 aromatic carbocycles. The van der Waals surface area contributed by atoms with Gasteiger partial charge in [-0.1, -0.05) is 49.8 Å². The van der Waals surface area contributed by atoms with Gasteiger partial charge in [-0.3, -0.25) is 4.79 Å². The van der Waals surface area contributed by atoms with Crippen LogP contribution in [0.3, 0.4) is 0 Å². The Balaban J connectivity index is 2.57. The van der Waals surface area contributed by atoms with E-state index in [1.807, 2.05) is 0 Å². The van der Waals surface area contributed by atoms with Crippen LogP contribution in [0.1, 0.15) is 5.56 Å². The largest absolute Gasteiger partial charge is 0.348 e. The number of hydrogen-bond acceptors (Lipinski definition) is 1. The van der Waals surface area contributed by atoms with Crippen molar-refractivity contribution in [2.45, 2.75) is 6.54 Å². The summed E-state index contributed by atoms with van der Waals surface area (Å²) in [7, 11) is -9.66. The predicted molar refractivity (Wildman–Crippen MR) is 60.6 cm³/mol. The number of carbonyl (C=O) groups is 1. The van der Waals surface area contributed by atoms with Gasteiger partial charge in [-0.05, 0) is 5.56 Å². The van der Waals surface area contributed by atoms with Crippen molar-refractivity contribution in [3.8, 4) is 0 Å². The number of nitrogens with one attached hydrogen (secondary N) is 1. The molecule has 0 radical (unpaired) electrons. The van der Waals surface area contributed by atoms with E-state index in [0.29, 0.717) is 5.56 Å². The molecule has 0 unspecified atom stereocenters. The molecule has 102 valence electrons. The van der Waals surface area contributed by atoms with E-state index < -0.39 is 21.5 Å². The highest BCUT2D eigenvalue weighted by molar-refractivity contribution is 8.48. The monoisotopic (exact) mass is 287 g/mol. The Morgan fingerprint density at radius 2 is 1.67 bits per heavy atom. The van der Waals surface area contributed by atoms with Crippen LogP contribution in [-0.2, 0) is 11.3 Å². The number of carbonyl (C=O) groups excluding carboxylic acids is 1. The highest BCUT2D eigenvalue weighted by Gasteiger charge is 2.60. The number of amides is 1. The summed E-state index contributed by atoms with van der Waals surface area (Å²) in [5.74, 6) is -1.23. The van der Waals surface area contributed by atoms with Crippen LogP contribution in [0.2, 0.25) is 0 Å². The maximum absolute atomic E-state index is 11.9. The third-order valence-corrected chi connectivity index (χ3v) is 2.44. The van der Waals surface area contributed by atoms with Crippen LogP contribution < -0.4 is 5.32 Å². The maximum Gasteiger partial charge on any atom is 0.304 e. The average molecular weight is 287 g/mol. The third-order valence-electron chi connectivity index (χ3n) is 1.79. The second-order valence-corrected chi connectivity index (χ2v) is 5.86. The number of rotatable bonds is 4. The van der Waals surface area contributed by atoms with Gasteiger partial charge in [0.1, 0.15) is 0 Å². The van der Waals surface area contributed by atoms with Crippen LogP contribution in [0.4, 0.5) is 19.4 Å². The number of hydrogen-bond donors (Lipinski definition) is 1. The lowest BCUT2D eigenvalue weighted by atomic mass is 10.2. The predicted octanol–water partition coefficient (Wildman–Crippen LogP) is 4.12. The van der Waals surface area contributed by atoms with Gasteiger partial charge in [0.15, 0.2) is 0 Å². The maximum atomic E-state index is 11.9. The molecule has 0 atom stereocenters. The normalized spacial score (nSPS) is 16.1. The van der Waals surface area contributed by atoms with Crippen LogP contribution in [0.15, 0.2) is 41.8 Å². The van der Waals surface area contributed by atoms with Crippen molar-refractivity contribution in [1.82, 2.24) is 5.32 Å². The summed E-state index contributed by atoms with van der Waals surface area (Å²) in [5.41, 5.74) is 0.645. The standard InChI is InChI=1S/C10H10F5NOS/c11-18(12,13,14,15)7-6-10(17)16-8-9-4-2-1-3-5-9/h1-7H,8H2,(H,16,17)/b7-6+. The molecule has 0 aliphatic rings. The van der Waals surface area contributed by atoms with Gasteiger partial charge in [-0.2, -0.15) is 0 Å². The van der Waals surface area contributed by atoms with Gasteiger partial charge >= 0.3 is 10.2 Å². The molecule has 2 nitrogen and oxygen atoms in total. The van der Waals surface area contributed by atoms with E-state index in [1.165, 1.54) is 0 Å². The van der Waals surface area contributed by atoms with Crippen molar-refractivity contribution in [1.29, 1.82) is 0 Å². The smallest absolute Gasteiger partial charge is 0.304 e. The summed E-state index contributed by atoms with van der Waals surface area (Å²) in [4.78, 5) is 10.9. The molecule has 0 fully saturated rings. The first-order valence-corrected chi connectivity index (χ1v) is 6.72. The van der Waals surface area contributed by atoms with Gasteiger partial charge in [0, 0.05) is 12.6 Å². The minimum absolute atomic E-state index is 0.0374. The van der Waals surface area contributed by atoms with Crippen molar-refractivity contribution in [2.24, 2.45) is 0 Å². The second-order valence-electron chi connectivity index (χ2n) is 3.53. The summed E-state index contributed by atoms with van der Waals surface area (Å²) >= 11 is 0. The van der Waals surface area contributed by atoms with Crippen LogP contribution >= 0.6 is 10.2 Å². The van der Waals surface area contributed by atoms with Crippen molar-refractivity contribution < 1.29 is 24.2 Å².